The van der Waals surface area contributed by atoms with Gasteiger partial charge in [-0.3, -0.25) is 15.0 Å². The third-order valence-electron chi connectivity index (χ3n) is 3.91. The number of esters is 1. The molecule has 0 aromatic heterocycles. The highest BCUT2D eigenvalue weighted by Gasteiger charge is 2.55. The van der Waals surface area contributed by atoms with Gasteiger partial charge in [0.05, 0.1) is 12.8 Å². The average molecular weight is 301 g/mol. The molecule has 7 nitrogen and oxygen atoms in total. The Morgan fingerprint density at radius 3 is 2.68 bits per heavy atom. The molecule has 0 saturated carbocycles. The van der Waals surface area contributed by atoms with Crippen LogP contribution in [-0.4, -0.2) is 36.6 Å². The van der Waals surface area contributed by atoms with E-state index in [2.05, 4.69) is 15.3 Å². The van der Waals surface area contributed by atoms with Gasteiger partial charge in [-0.25, -0.2) is 9.69 Å². The molecule has 2 aliphatic heterocycles. The predicted octanol–water partition coefficient (Wildman–Crippen LogP) is 0.294. The first-order valence-electron chi connectivity index (χ1n) is 6.82. The van der Waals surface area contributed by atoms with Crippen molar-refractivity contribution >= 4 is 29.2 Å². The van der Waals surface area contributed by atoms with Crippen LogP contribution in [0.25, 0.3) is 0 Å². The summed E-state index contributed by atoms with van der Waals surface area (Å²) in [4.78, 5) is 37.9. The molecule has 1 fully saturated rings. The number of ether oxygens (including phenoxy) is 1. The SMILES string of the molecule is COC(=O)[C@H]1NN=C2C(=O)N(c3ccc(C)cc3C)C(=O)[C@H]21. The molecule has 2 amide bonds. The fraction of sp³-hybridized carbons (Fsp3) is 0.333. The van der Waals surface area contributed by atoms with Crippen LogP contribution >= 0.6 is 0 Å². The van der Waals surface area contributed by atoms with Crippen LogP contribution in [0.15, 0.2) is 23.3 Å². The van der Waals surface area contributed by atoms with E-state index in [9.17, 15) is 14.4 Å². The summed E-state index contributed by atoms with van der Waals surface area (Å²) in [5.74, 6) is -2.51. The number of nitrogens with zero attached hydrogens (tertiary/aromatic N) is 2. The lowest BCUT2D eigenvalue weighted by Gasteiger charge is -2.19. The zero-order valence-electron chi connectivity index (χ0n) is 12.4. The van der Waals surface area contributed by atoms with E-state index in [-0.39, 0.29) is 5.71 Å². The van der Waals surface area contributed by atoms with Crippen LogP contribution in [0, 0.1) is 19.8 Å². The number of rotatable bonds is 2. The monoisotopic (exact) mass is 301 g/mol. The summed E-state index contributed by atoms with van der Waals surface area (Å²) in [6, 6.07) is 4.49. The van der Waals surface area contributed by atoms with Gasteiger partial charge in [-0.1, -0.05) is 17.7 Å². The van der Waals surface area contributed by atoms with Crippen LogP contribution in [0.1, 0.15) is 11.1 Å². The number of nitrogens with one attached hydrogen (secondary N) is 1. The zero-order valence-corrected chi connectivity index (χ0v) is 12.4. The van der Waals surface area contributed by atoms with Crippen LogP contribution in [0.4, 0.5) is 5.69 Å². The standard InChI is InChI=1S/C15H15N3O4/c1-7-4-5-9(8(2)6-7)18-13(19)10-11(14(18)20)16-17-12(10)15(21)22-3/h4-6,10,12,17H,1-3H3/t10-,12+/m1/s1. The summed E-state index contributed by atoms with van der Waals surface area (Å²) in [5, 5.41) is 3.86. The smallest absolute Gasteiger partial charge is 0.331 e. The molecular formula is C15H15N3O4. The molecule has 1 aromatic carbocycles. The first-order valence-corrected chi connectivity index (χ1v) is 6.82. The molecular weight excluding hydrogens is 286 g/mol. The average Bonchev–Trinajstić information content (AvgIpc) is 3.01. The lowest BCUT2D eigenvalue weighted by molar-refractivity contribution is -0.145. The van der Waals surface area contributed by atoms with E-state index in [0.29, 0.717) is 5.69 Å². The number of hydrazone groups is 1. The second-order valence-electron chi connectivity index (χ2n) is 5.37. The Labute approximate surface area is 126 Å². The number of anilines is 1. The Balaban J connectivity index is 2.01. The van der Waals surface area contributed by atoms with E-state index >= 15 is 0 Å². The summed E-state index contributed by atoms with van der Waals surface area (Å²) >= 11 is 0. The zero-order chi connectivity index (χ0) is 16.0. The minimum absolute atomic E-state index is 0.0559. The van der Waals surface area contributed by atoms with Crippen molar-refractivity contribution in [3.05, 3.63) is 29.3 Å². The number of methoxy groups -OCH3 is 1. The van der Waals surface area contributed by atoms with E-state index in [1.54, 1.807) is 6.07 Å². The molecule has 2 atom stereocenters. The van der Waals surface area contributed by atoms with Crippen molar-refractivity contribution in [3.63, 3.8) is 0 Å². The van der Waals surface area contributed by atoms with E-state index in [0.717, 1.165) is 16.0 Å². The van der Waals surface area contributed by atoms with Gasteiger partial charge in [-0.05, 0) is 25.5 Å². The summed E-state index contributed by atoms with van der Waals surface area (Å²) < 4.78 is 4.65. The highest BCUT2D eigenvalue weighted by atomic mass is 16.5. The van der Waals surface area contributed by atoms with E-state index in [1.807, 2.05) is 26.0 Å². The van der Waals surface area contributed by atoms with Crippen molar-refractivity contribution in [2.24, 2.45) is 11.0 Å². The fourth-order valence-electron chi connectivity index (χ4n) is 2.84. The molecule has 1 N–H and O–H groups in total. The van der Waals surface area contributed by atoms with Gasteiger partial charge in [0.25, 0.3) is 5.91 Å². The molecule has 0 spiro atoms. The molecule has 3 rings (SSSR count). The quantitative estimate of drug-likeness (QED) is 0.627. The van der Waals surface area contributed by atoms with Gasteiger partial charge < -0.3 is 4.74 Å². The second-order valence-corrected chi connectivity index (χ2v) is 5.37. The largest absolute Gasteiger partial charge is 0.467 e. The Bertz CT molecular complexity index is 725. The Kier molecular flexibility index (Phi) is 3.20. The summed E-state index contributed by atoms with van der Waals surface area (Å²) in [7, 11) is 1.23. The first-order chi connectivity index (χ1) is 10.5. The highest BCUT2D eigenvalue weighted by molar-refractivity contribution is 6.58. The third kappa shape index (κ3) is 1.89. The summed E-state index contributed by atoms with van der Waals surface area (Å²) in [6.45, 7) is 3.76. The number of hydrogen-bond donors (Lipinski definition) is 1. The molecule has 0 bridgehead atoms. The molecule has 2 heterocycles. The fourth-order valence-corrected chi connectivity index (χ4v) is 2.84. The van der Waals surface area contributed by atoms with Crippen molar-refractivity contribution in [2.75, 3.05) is 12.0 Å². The topological polar surface area (TPSA) is 88.1 Å². The van der Waals surface area contributed by atoms with Gasteiger partial charge in [-0.2, -0.15) is 5.10 Å². The number of aryl methyl sites for hydroxylation is 2. The van der Waals surface area contributed by atoms with Gasteiger partial charge in [0.15, 0.2) is 6.04 Å². The maximum Gasteiger partial charge on any atom is 0.331 e. The van der Waals surface area contributed by atoms with Gasteiger partial charge in [0.1, 0.15) is 11.6 Å². The normalized spacial score (nSPS) is 23.2. The van der Waals surface area contributed by atoms with Crippen LogP contribution in [-0.2, 0) is 19.1 Å². The minimum Gasteiger partial charge on any atom is -0.467 e. The number of carbonyl (C=O) groups excluding carboxylic acids is 3. The predicted molar refractivity (Wildman–Crippen MR) is 78.3 cm³/mol. The van der Waals surface area contributed by atoms with Gasteiger partial charge in [0, 0.05) is 0 Å². The van der Waals surface area contributed by atoms with E-state index < -0.39 is 29.7 Å². The molecule has 2 aliphatic rings. The number of fused-ring (bicyclic) bond motifs is 1. The lowest BCUT2D eigenvalue weighted by Crippen LogP contribution is -2.42. The van der Waals surface area contributed by atoms with Crippen molar-refractivity contribution in [2.45, 2.75) is 19.9 Å². The van der Waals surface area contributed by atoms with E-state index in [1.165, 1.54) is 7.11 Å². The van der Waals surface area contributed by atoms with Crippen molar-refractivity contribution < 1.29 is 19.1 Å². The van der Waals surface area contributed by atoms with Crippen molar-refractivity contribution in [1.29, 1.82) is 0 Å². The van der Waals surface area contributed by atoms with Crippen LogP contribution in [0.5, 0.6) is 0 Å². The second kappa shape index (κ2) is 4.94. The Morgan fingerprint density at radius 1 is 1.32 bits per heavy atom. The summed E-state index contributed by atoms with van der Waals surface area (Å²) in [5.41, 5.74) is 4.93. The summed E-state index contributed by atoms with van der Waals surface area (Å²) in [6.07, 6.45) is 0. The van der Waals surface area contributed by atoms with Gasteiger partial charge in [0.2, 0.25) is 5.91 Å². The van der Waals surface area contributed by atoms with Crippen LogP contribution in [0.2, 0.25) is 0 Å². The Hall–Kier alpha value is -2.70. The molecule has 0 aliphatic carbocycles. The molecule has 0 radical (unpaired) electrons. The molecule has 7 heteroatoms. The van der Waals surface area contributed by atoms with Gasteiger partial charge >= 0.3 is 5.97 Å². The van der Waals surface area contributed by atoms with Crippen molar-refractivity contribution in [1.82, 2.24) is 5.43 Å². The number of hydrogen-bond acceptors (Lipinski definition) is 6. The number of benzene rings is 1. The molecule has 0 unspecified atom stereocenters. The minimum atomic E-state index is -0.952. The number of amides is 2. The highest BCUT2D eigenvalue weighted by Crippen LogP contribution is 2.32. The maximum atomic E-state index is 12.6. The first kappa shape index (κ1) is 14.2. The lowest BCUT2D eigenvalue weighted by atomic mass is 9.98. The number of imide groups is 1. The molecule has 1 aromatic rings. The molecule has 22 heavy (non-hydrogen) atoms. The van der Waals surface area contributed by atoms with E-state index in [4.69, 9.17) is 0 Å². The molecule has 1 saturated heterocycles. The third-order valence-corrected chi connectivity index (χ3v) is 3.91. The van der Waals surface area contributed by atoms with Crippen LogP contribution < -0.4 is 10.3 Å². The van der Waals surface area contributed by atoms with Crippen LogP contribution in [0.3, 0.4) is 0 Å². The van der Waals surface area contributed by atoms with Gasteiger partial charge in [-0.15, -0.1) is 0 Å². The Morgan fingerprint density at radius 2 is 2.05 bits per heavy atom. The maximum absolute atomic E-state index is 12.6. The number of carbonyl (C=O) groups is 3. The molecule has 114 valence electrons. The van der Waals surface area contributed by atoms with Crippen molar-refractivity contribution in [3.8, 4) is 0 Å².